The average Bonchev–Trinajstić information content (AvgIpc) is 3.11. The first-order chi connectivity index (χ1) is 14.0. The van der Waals surface area contributed by atoms with Gasteiger partial charge in [-0.2, -0.15) is 0 Å². The SMILES string of the molecule is Cc1ccccc1C(=O)Nc1ccc([C@H]2SCC(=O)N2c2ccc(F)cc2)cc1. The van der Waals surface area contributed by atoms with E-state index in [0.29, 0.717) is 22.7 Å². The lowest BCUT2D eigenvalue weighted by molar-refractivity contribution is -0.115. The van der Waals surface area contributed by atoms with Gasteiger partial charge in [-0.1, -0.05) is 30.3 Å². The first kappa shape index (κ1) is 19.2. The standard InChI is InChI=1S/C23H19FN2O2S/c1-15-4-2-3-5-20(15)22(28)25-18-10-6-16(7-11-18)23-26(21(27)14-29-23)19-12-8-17(24)9-13-19/h2-13,23H,14H2,1H3,(H,25,28)/t23-/m1/s1. The zero-order chi connectivity index (χ0) is 20.4. The Morgan fingerprint density at radius 3 is 2.41 bits per heavy atom. The molecule has 1 saturated heterocycles. The molecule has 4 nitrogen and oxygen atoms in total. The van der Waals surface area contributed by atoms with Gasteiger partial charge >= 0.3 is 0 Å². The summed E-state index contributed by atoms with van der Waals surface area (Å²) in [5.74, 6) is -0.135. The largest absolute Gasteiger partial charge is 0.322 e. The summed E-state index contributed by atoms with van der Waals surface area (Å²) in [6.45, 7) is 1.90. The van der Waals surface area contributed by atoms with Crippen molar-refractivity contribution in [3.63, 3.8) is 0 Å². The molecule has 1 heterocycles. The number of hydrogen-bond donors (Lipinski definition) is 1. The molecule has 1 aliphatic rings. The van der Waals surface area contributed by atoms with Gasteiger partial charge in [0.2, 0.25) is 5.91 Å². The van der Waals surface area contributed by atoms with Gasteiger partial charge in [-0.15, -0.1) is 11.8 Å². The Morgan fingerprint density at radius 1 is 1.03 bits per heavy atom. The highest BCUT2D eigenvalue weighted by Crippen LogP contribution is 2.41. The summed E-state index contributed by atoms with van der Waals surface area (Å²) >= 11 is 1.52. The highest BCUT2D eigenvalue weighted by atomic mass is 32.2. The number of halogens is 1. The number of thioether (sulfide) groups is 1. The predicted molar refractivity (Wildman–Crippen MR) is 115 cm³/mol. The number of aryl methyl sites for hydroxylation is 1. The van der Waals surface area contributed by atoms with Gasteiger partial charge in [0.25, 0.3) is 5.91 Å². The minimum atomic E-state index is -0.335. The molecule has 29 heavy (non-hydrogen) atoms. The number of carbonyl (C=O) groups excluding carboxylic acids is 2. The molecule has 1 N–H and O–H groups in total. The molecule has 0 aromatic heterocycles. The van der Waals surface area contributed by atoms with Gasteiger partial charge < -0.3 is 5.32 Å². The molecular formula is C23H19FN2O2S. The third-order valence-corrected chi connectivity index (χ3v) is 6.03. The van der Waals surface area contributed by atoms with Crippen molar-refractivity contribution in [2.24, 2.45) is 0 Å². The maximum Gasteiger partial charge on any atom is 0.255 e. The van der Waals surface area contributed by atoms with Crippen LogP contribution in [0.15, 0.2) is 72.8 Å². The third kappa shape index (κ3) is 4.03. The molecule has 0 spiro atoms. The maximum absolute atomic E-state index is 13.2. The van der Waals surface area contributed by atoms with E-state index < -0.39 is 0 Å². The minimum Gasteiger partial charge on any atom is -0.322 e. The van der Waals surface area contributed by atoms with E-state index in [9.17, 15) is 14.0 Å². The minimum absolute atomic E-state index is 0.0106. The van der Waals surface area contributed by atoms with Crippen LogP contribution in [0.2, 0.25) is 0 Å². The fraction of sp³-hybridized carbons (Fsp3) is 0.130. The van der Waals surface area contributed by atoms with Crippen molar-refractivity contribution in [3.8, 4) is 0 Å². The smallest absolute Gasteiger partial charge is 0.255 e. The summed E-state index contributed by atoms with van der Waals surface area (Å²) in [5.41, 5.74) is 3.85. The molecule has 146 valence electrons. The summed E-state index contributed by atoms with van der Waals surface area (Å²) in [5, 5.41) is 2.72. The molecule has 3 aromatic carbocycles. The van der Waals surface area contributed by atoms with Crippen LogP contribution in [0, 0.1) is 12.7 Å². The molecule has 0 saturated carbocycles. The Kier molecular flexibility index (Phi) is 5.36. The Bertz CT molecular complexity index is 1050. The lowest BCUT2D eigenvalue weighted by atomic mass is 10.1. The number of anilines is 2. The molecule has 6 heteroatoms. The highest BCUT2D eigenvalue weighted by Gasteiger charge is 2.34. The lowest BCUT2D eigenvalue weighted by Gasteiger charge is -2.24. The van der Waals surface area contributed by atoms with Gasteiger partial charge in [-0.05, 0) is 60.5 Å². The van der Waals surface area contributed by atoms with E-state index in [1.54, 1.807) is 23.1 Å². The Balaban J connectivity index is 1.52. The molecule has 1 atom stereocenters. The molecule has 0 radical (unpaired) electrons. The summed E-state index contributed by atoms with van der Waals surface area (Å²) < 4.78 is 13.2. The molecule has 0 aliphatic carbocycles. The number of amides is 2. The van der Waals surface area contributed by atoms with Crippen molar-refractivity contribution < 1.29 is 14.0 Å². The van der Waals surface area contributed by atoms with E-state index in [0.717, 1.165) is 11.1 Å². The van der Waals surface area contributed by atoms with Crippen LogP contribution in [0.3, 0.4) is 0 Å². The van der Waals surface area contributed by atoms with Crippen molar-refractivity contribution >= 4 is 35.0 Å². The number of nitrogens with one attached hydrogen (secondary N) is 1. The van der Waals surface area contributed by atoms with Crippen LogP contribution in [-0.4, -0.2) is 17.6 Å². The molecule has 0 unspecified atom stereocenters. The van der Waals surface area contributed by atoms with E-state index in [2.05, 4.69) is 5.32 Å². The first-order valence-corrected chi connectivity index (χ1v) is 10.2. The number of hydrogen-bond acceptors (Lipinski definition) is 3. The fourth-order valence-corrected chi connectivity index (χ4v) is 4.49. The number of rotatable bonds is 4. The number of benzene rings is 3. The molecule has 2 amide bonds. The van der Waals surface area contributed by atoms with Crippen LogP contribution in [0.25, 0.3) is 0 Å². The van der Waals surface area contributed by atoms with Gasteiger partial charge in [0.1, 0.15) is 11.2 Å². The van der Waals surface area contributed by atoms with Gasteiger partial charge in [-0.3, -0.25) is 14.5 Å². The number of carbonyl (C=O) groups is 2. The van der Waals surface area contributed by atoms with Gasteiger partial charge in [0, 0.05) is 16.9 Å². The van der Waals surface area contributed by atoms with Crippen LogP contribution >= 0.6 is 11.8 Å². The van der Waals surface area contributed by atoms with E-state index in [1.165, 1.54) is 23.9 Å². The van der Waals surface area contributed by atoms with Gasteiger partial charge in [0.15, 0.2) is 0 Å². The lowest BCUT2D eigenvalue weighted by Crippen LogP contribution is -2.27. The van der Waals surface area contributed by atoms with Crippen molar-refractivity contribution in [3.05, 3.63) is 95.3 Å². The van der Waals surface area contributed by atoms with Gasteiger partial charge in [0.05, 0.1) is 5.75 Å². The molecule has 4 rings (SSSR count). The second kappa shape index (κ2) is 8.09. The van der Waals surface area contributed by atoms with Crippen molar-refractivity contribution in [2.75, 3.05) is 16.0 Å². The Hall–Kier alpha value is -3.12. The highest BCUT2D eigenvalue weighted by molar-refractivity contribution is 8.00. The monoisotopic (exact) mass is 406 g/mol. The molecule has 1 aliphatic heterocycles. The quantitative estimate of drug-likeness (QED) is 0.651. The van der Waals surface area contributed by atoms with E-state index >= 15 is 0 Å². The van der Waals surface area contributed by atoms with Crippen LogP contribution < -0.4 is 10.2 Å². The van der Waals surface area contributed by atoms with E-state index in [1.807, 2.05) is 49.4 Å². The normalized spacial score (nSPS) is 16.1. The Labute approximate surface area is 172 Å². The Morgan fingerprint density at radius 2 is 1.72 bits per heavy atom. The third-order valence-electron chi connectivity index (χ3n) is 4.82. The molecule has 0 bridgehead atoms. The summed E-state index contributed by atoms with van der Waals surface area (Å²) in [4.78, 5) is 26.6. The maximum atomic E-state index is 13.2. The van der Waals surface area contributed by atoms with Crippen molar-refractivity contribution in [1.29, 1.82) is 0 Å². The summed E-state index contributed by atoms with van der Waals surface area (Å²) in [6.07, 6.45) is 0. The van der Waals surface area contributed by atoms with Crippen LogP contribution in [0.1, 0.15) is 26.9 Å². The molecule has 3 aromatic rings. The fourth-order valence-electron chi connectivity index (χ4n) is 3.31. The topological polar surface area (TPSA) is 49.4 Å². The van der Waals surface area contributed by atoms with Crippen LogP contribution in [0.4, 0.5) is 15.8 Å². The van der Waals surface area contributed by atoms with Crippen LogP contribution in [0.5, 0.6) is 0 Å². The van der Waals surface area contributed by atoms with E-state index in [4.69, 9.17) is 0 Å². The second-order valence-corrected chi connectivity index (χ2v) is 7.86. The van der Waals surface area contributed by atoms with Gasteiger partial charge in [-0.25, -0.2) is 4.39 Å². The summed E-state index contributed by atoms with van der Waals surface area (Å²) in [7, 11) is 0. The second-order valence-electron chi connectivity index (χ2n) is 6.79. The predicted octanol–water partition coefficient (Wildman–Crippen LogP) is 5.17. The van der Waals surface area contributed by atoms with Crippen molar-refractivity contribution in [2.45, 2.75) is 12.3 Å². The number of nitrogens with zero attached hydrogens (tertiary/aromatic N) is 1. The average molecular weight is 406 g/mol. The summed E-state index contributed by atoms with van der Waals surface area (Å²) in [6, 6.07) is 20.8. The molecule has 1 fully saturated rings. The zero-order valence-corrected chi connectivity index (χ0v) is 16.6. The molecular weight excluding hydrogens is 387 g/mol. The van der Waals surface area contributed by atoms with Crippen LogP contribution in [-0.2, 0) is 4.79 Å². The van der Waals surface area contributed by atoms with Crippen molar-refractivity contribution in [1.82, 2.24) is 0 Å². The van der Waals surface area contributed by atoms with E-state index in [-0.39, 0.29) is 23.0 Å². The first-order valence-electron chi connectivity index (χ1n) is 9.19. The zero-order valence-electron chi connectivity index (χ0n) is 15.8.